The van der Waals surface area contributed by atoms with Crippen molar-refractivity contribution in [2.45, 2.75) is 77.6 Å². The average molecular weight is 347 g/mol. The summed E-state index contributed by atoms with van der Waals surface area (Å²) in [6, 6.07) is 9.13. The molecule has 3 atom stereocenters. The minimum absolute atomic E-state index is 0.0936. The second kappa shape index (κ2) is 6.45. The largest absolute Gasteiger partial charge is 0.518 e. The molecule has 2 N–H and O–H groups in total. The fourth-order valence-electron chi connectivity index (χ4n) is 4.16. The van der Waals surface area contributed by atoms with Gasteiger partial charge in [-0.05, 0) is 41.5 Å². The van der Waals surface area contributed by atoms with Crippen molar-refractivity contribution in [3.63, 3.8) is 0 Å². The van der Waals surface area contributed by atoms with Crippen molar-refractivity contribution in [2.75, 3.05) is 0 Å². The Morgan fingerprint density at radius 2 is 1.60 bits per heavy atom. The number of hydrogen-bond acceptors (Lipinski definition) is 3. The summed E-state index contributed by atoms with van der Waals surface area (Å²) in [6.07, 6.45) is 0.912. The monoisotopic (exact) mass is 347 g/mol. The van der Waals surface area contributed by atoms with E-state index in [1.807, 2.05) is 71.9 Å². The lowest BCUT2D eigenvalue weighted by molar-refractivity contribution is -0.934. The molecule has 1 aromatic carbocycles. The Labute approximate surface area is 150 Å². The number of hydrogen-bond donors (Lipinski definition) is 1. The summed E-state index contributed by atoms with van der Waals surface area (Å²) in [4.78, 5) is 25.8. The van der Waals surface area contributed by atoms with Gasteiger partial charge >= 0.3 is 6.09 Å². The van der Waals surface area contributed by atoms with E-state index in [9.17, 15) is 9.59 Å². The molecule has 1 aromatic rings. The molecule has 1 aliphatic heterocycles. The van der Waals surface area contributed by atoms with Crippen molar-refractivity contribution in [1.29, 1.82) is 0 Å². The van der Waals surface area contributed by atoms with Crippen LogP contribution in [0.3, 0.4) is 0 Å². The fourth-order valence-corrected chi connectivity index (χ4v) is 4.16. The maximum Gasteiger partial charge on any atom is 0.518 e. The van der Waals surface area contributed by atoms with Crippen molar-refractivity contribution < 1.29 is 18.8 Å². The average Bonchev–Trinajstić information content (AvgIpc) is 2.87. The van der Waals surface area contributed by atoms with Crippen LogP contribution >= 0.6 is 0 Å². The molecule has 1 saturated heterocycles. The van der Waals surface area contributed by atoms with Gasteiger partial charge in [0.05, 0.1) is 0 Å². The molecule has 5 nitrogen and oxygen atoms in total. The van der Waals surface area contributed by atoms with Crippen molar-refractivity contribution in [3.8, 4) is 0 Å². The van der Waals surface area contributed by atoms with Gasteiger partial charge in [-0.1, -0.05) is 30.3 Å². The van der Waals surface area contributed by atoms with E-state index < -0.39 is 23.1 Å². The summed E-state index contributed by atoms with van der Waals surface area (Å²) in [6.45, 7) is 11.5. The van der Waals surface area contributed by atoms with E-state index in [2.05, 4.69) is 0 Å². The number of rotatable bonds is 2. The van der Waals surface area contributed by atoms with E-state index in [4.69, 9.17) is 10.5 Å². The van der Waals surface area contributed by atoms with Crippen molar-refractivity contribution in [1.82, 2.24) is 0 Å². The molecule has 25 heavy (non-hydrogen) atoms. The smallest absolute Gasteiger partial charge is 0.414 e. The van der Waals surface area contributed by atoms with E-state index in [0.717, 1.165) is 5.56 Å². The number of carbonyl (C=O) groups excluding carboxylic acids is 2. The highest BCUT2D eigenvalue weighted by Crippen LogP contribution is 2.50. The zero-order valence-corrected chi connectivity index (χ0v) is 16.2. The molecule has 0 aromatic heterocycles. The third-order valence-electron chi connectivity index (χ3n) is 5.02. The molecule has 0 bridgehead atoms. The van der Waals surface area contributed by atoms with Crippen LogP contribution in [-0.4, -0.2) is 33.7 Å². The number of nitrogens with two attached hydrogens (primary N) is 1. The minimum Gasteiger partial charge on any atom is -0.414 e. The number of carbonyl (C=O) groups is 2. The maximum atomic E-state index is 13.5. The van der Waals surface area contributed by atoms with Gasteiger partial charge in [-0.25, -0.2) is 4.48 Å². The first-order valence-corrected chi connectivity index (χ1v) is 8.87. The lowest BCUT2D eigenvalue weighted by atomic mass is 9.94. The topological polar surface area (TPSA) is 69.4 Å². The standard InChI is InChI=1S/C20H30N2O3/c1-19(2,3)22(18(24)25-20(4,5)6)15(12-13-16(22)17(21)23)14-10-8-7-9-11-14/h7-11,15-16H,12-13H2,1-6H3,(H-,21,23)/p+1. The molecule has 138 valence electrons. The Balaban J connectivity index is 2.67. The van der Waals surface area contributed by atoms with E-state index in [0.29, 0.717) is 12.8 Å². The van der Waals surface area contributed by atoms with E-state index in [1.54, 1.807) is 0 Å². The maximum absolute atomic E-state index is 13.5. The number of ether oxygens (including phenoxy) is 1. The van der Waals surface area contributed by atoms with Crippen LogP contribution in [0.15, 0.2) is 30.3 Å². The SMILES string of the molecule is CC(C)(C)OC(=O)[N+]1(C(C)(C)C)C(C(N)=O)CCC1c1ccccc1. The lowest BCUT2D eigenvalue weighted by Gasteiger charge is -2.49. The number of quaternary nitrogens is 1. The van der Waals surface area contributed by atoms with Crippen LogP contribution < -0.4 is 5.73 Å². The van der Waals surface area contributed by atoms with Crippen molar-refractivity contribution in [2.24, 2.45) is 5.73 Å². The first kappa shape index (κ1) is 19.4. The third kappa shape index (κ3) is 3.43. The summed E-state index contributed by atoms with van der Waals surface area (Å²) in [7, 11) is 0. The summed E-state index contributed by atoms with van der Waals surface area (Å²) in [5.74, 6) is -0.445. The van der Waals surface area contributed by atoms with Crippen LogP contribution in [0.5, 0.6) is 0 Å². The quantitative estimate of drug-likeness (QED) is 0.824. The van der Waals surface area contributed by atoms with Crippen LogP contribution in [0.25, 0.3) is 0 Å². The Hall–Kier alpha value is -1.88. The summed E-state index contributed by atoms with van der Waals surface area (Å²) < 4.78 is 5.72. The first-order valence-electron chi connectivity index (χ1n) is 8.87. The van der Waals surface area contributed by atoms with Gasteiger partial charge in [-0.2, -0.15) is 4.79 Å². The Morgan fingerprint density at radius 3 is 2.04 bits per heavy atom. The van der Waals surface area contributed by atoms with E-state index in [-0.39, 0.29) is 16.6 Å². The van der Waals surface area contributed by atoms with Crippen LogP contribution in [0.1, 0.15) is 66.0 Å². The third-order valence-corrected chi connectivity index (χ3v) is 5.02. The molecule has 0 saturated carbocycles. The highest BCUT2D eigenvalue weighted by Gasteiger charge is 2.65. The van der Waals surface area contributed by atoms with Gasteiger partial charge < -0.3 is 10.5 Å². The molecule has 0 aliphatic carbocycles. The van der Waals surface area contributed by atoms with Gasteiger partial charge in [0.15, 0.2) is 6.04 Å². The highest BCUT2D eigenvalue weighted by atomic mass is 16.6. The minimum atomic E-state index is -0.639. The van der Waals surface area contributed by atoms with Crippen molar-refractivity contribution in [3.05, 3.63) is 35.9 Å². The van der Waals surface area contributed by atoms with Gasteiger partial charge in [0, 0.05) is 18.4 Å². The number of benzene rings is 1. The van der Waals surface area contributed by atoms with Gasteiger partial charge in [0.1, 0.15) is 17.2 Å². The van der Waals surface area contributed by atoms with Gasteiger partial charge in [-0.3, -0.25) is 4.79 Å². The predicted molar refractivity (Wildman–Crippen MR) is 97.6 cm³/mol. The summed E-state index contributed by atoms with van der Waals surface area (Å²) in [5, 5.41) is 0. The second-order valence-corrected chi connectivity index (χ2v) is 8.85. The molecule has 0 spiro atoms. The number of nitrogens with zero attached hydrogens (tertiary/aromatic N) is 1. The zero-order chi connectivity index (χ0) is 19.0. The Bertz CT molecular complexity index is 643. The van der Waals surface area contributed by atoms with Crippen LogP contribution in [-0.2, 0) is 9.53 Å². The molecule has 1 fully saturated rings. The first-order chi connectivity index (χ1) is 11.4. The van der Waals surface area contributed by atoms with Gasteiger partial charge in [-0.15, -0.1) is 0 Å². The molecular weight excluding hydrogens is 316 g/mol. The second-order valence-electron chi connectivity index (χ2n) is 8.85. The normalized spacial score (nSPS) is 27.1. The molecule has 2 rings (SSSR count). The molecule has 1 aliphatic rings. The van der Waals surface area contributed by atoms with Crippen molar-refractivity contribution >= 4 is 12.0 Å². The van der Waals surface area contributed by atoms with Crippen LogP contribution in [0.4, 0.5) is 4.79 Å². The van der Waals surface area contributed by atoms with Crippen LogP contribution in [0.2, 0.25) is 0 Å². The summed E-state index contributed by atoms with van der Waals surface area (Å²) >= 11 is 0. The molecule has 2 amide bonds. The van der Waals surface area contributed by atoms with Crippen LogP contribution in [0, 0.1) is 0 Å². The molecule has 0 radical (unpaired) electrons. The summed E-state index contributed by atoms with van der Waals surface area (Å²) in [5.41, 5.74) is 5.60. The fraction of sp³-hybridized carbons (Fsp3) is 0.600. The molecular formula is C20H31N2O3+. The van der Waals surface area contributed by atoms with Gasteiger partial charge in [0.2, 0.25) is 0 Å². The Kier molecular flexibility index (Phi) is 5.01. The number of primary amides is 1. The lowest BCUT2D eigenvalue weighted by Crippen LogP contribution is -2.70. The van der Waals surface area contributed by atoms with E-state index >= 15 is 0 Å². The highest BCUT2D eigenvalue weighted by molar-refractivity contribution is 5.81. The molecule has 3 unspecified atom stereocenters. The Morgan fingerprint density at radius 1 is 1.04 bits per heavy atom. The van der Waals surface area contributed by atoms with E-state index in [1.165, 1.54) is 0 Å². The predicted octanol–water partition coefficient (Wildman–Crippen LogP) is 3.93. The van der Waals surface area contributed by atoms with Gasteiger partial charge in [0.25, 0.3) is 5.91 Å². The zero-order valence-electron chi connectivity index (χ0n) is 16.2. The number of amides is 2. The molecule has 5 heteroatoms. The molecule has 1 heterocycles. The number of likely N-dealkylation sites (tertiary alicyclic amines) is 1.